The van der Waals surface area contributed by atoms with Gasteiger partial charge in [0.05, 0.1) is 0 Å². The molecule has 0 saturated carbocycles. The molecule has 1 aliphatic rings. The van der Waals surface area contributed by atoms with Crippen LogP contribution in [0, 0.1) is 5.41 Å². The number of rotatable bonds is 2. The predicted octanol–water partition coefficient (Wildman–Crippen LogP) is 1.45. The Balaban J connectivity index is 2.54. The molecule has 2 nitrogen and oxygen atoms in total. The number of hydrogen-bond acceptors (Lipinski definition) is 2. The van der Waals surface area contributed by atoms with Crippen LogP contribution in [0.4, 0.5) is 0 Å². The number of nitrogens with zero attached hydrogens (tertiary/aromatic N) is 1. The molecule has 1 atom stereocenters. The van der Waals surface area contributed by atoms with Crippen LogP contribution >= 0.6 is 0 Å². The van der Waals surface area contributed by atoms with Crippen molar-refractivity contribution in [2.24, 2.45) is 11.1 Å². The van der Waals surface area contributed by atoms with Gasteiger partial charge < -0.3 is 5.73 Å². The molecular formula is C10H22N2. The second kappa shape index (κ2) is 2.71. The Labute approximate surface area is 76.1 Å². The molecule has 0 aromatic rings. The Kier molecular flexibility index (Phi) is 2.26. The zero-order chi connectivity index (χ0) is 9.57. The van der Waals surface area contributed by atoms with Crippen LogP contribution in [0.25, 0.3) is 0 Å². The van der Waals surface area contributed by atoms with E-state index in [-0.39, 0.29) is 0 Å². The van der Waals surface area contributed by atoms with E-state index < -0.39 is 0 Å². The average Bonchev–Trinajstić information content (AvgIpc) is 1.85. The molecule has 1 fully saturated rings. The van der Waals surface area contributed by atoms with Crippen molar-refractivity contribution in [2.75, 3.05) is 13.1 Å². The van der Waals surface area contributed by atoms with Crippen LogP contribution < -0.4 is 5.73 Å². The average molecular weight is 170 g/mol. The summed E-state index contributed by atoms with van der Waals surface area (Å²) in [6.45, 7) is 13.5. The van der Waals surface area contributed by atoms with E-state index in [4.69, 9.17) is 5.73 Å². The normalized spacial score (nSPS) is 29.5. The molecule has 0 amide bonds. The van der Waals surface area contributed by atoms with Gasteiger partial charge in [-0.3, -0.25) is 4.90 Å². The first-order valence-corrected chi connectivity index (χ1v) is 4.78. The second-order valence-corrected chi connectivity index (χ2v) is 5.30. The quantitative estimate of drug-likeness (QED) is 0.679. The van der Waals surface area contributed by atoms with Gasteiger partial charge in [0.1, 0.15) is 0 Å². The van der Waals surface area contributed by atoms with Gasteiger partial charge in [-0.05, 0) is 26.2 Å². The highest BCUT2D eigenvalue weighted by Gasteiger charge is 2.51. The fraction of sp³-hybridized carbons (Fsp3) is 1.00. The number of likely N-dealkylation sites (tertiary alicyclic amines) is 1. The topological polar surface area (TPSA) is 29.3 Å². The van der Waals surface area contributed by atoms with E-state index in [0.29, 0.717) is 17.0 Å². The summed E-state index contributed by atoms with van der Waals surface area (Å²) < 4.78 is 0. The minimum Gasteiger partial charge on any atom is -0.327 e. The fourth-order valence-electron chi connectivity index (χ4n) is 1.85. The molecule has 1 unspecified atom stereocenters. The third-order valence-electron chi connectivity index (χ3n) is 3.54. The molecule has 0 aromatic heterocycles. The highest BCUT2D eigenvalue weighted by Crippen LogP contribution is 2.45. The highest BCUT2D eigenvalue weighted by molar-refractivity contribution is 5.06. The third kappa shape index (κ3) is 1.38. The van der Waals surface area contributed by atoms with Crippen LogP contribution in [0.5, 0.6) is 0 Å². The van der Waals surface area contributed by atoms with E-state index in [1.807, 2.05) is 0 Å². The molecule has 1 aliphatic heterocycles. The lowest BCUT2D eigenvalue weighted by atomic mass is 9.65. The Bertz CT molecular complexity index is 169. The van der Waals surface area contributed by atoms with Gasteiger partial charge in [0, 0.05) is 24.7 Å². The summed E-state index contributed by atoms with van der Waals surface area (Å²) in [7, 11) is 0. The molecule has 1 heterocycles. The Hall–Kier alpha value is -0.0800. The Morgan fingerprint density at radius 1 is 1.33 bits per heavy atom. The molecule has 0 aliphatic carbocycles. The summed E-state index contributed by atoms with van der Waals surface area (Å²) in [5.74, 6) is 0. The molecule has 0 spiro atoms. The lowest BCUT2D eigenvalue weighted by Gasteiger charge is -2.62. The lowest BCUT2D eigenvalue weighted by Crippen LogP contribution is -2.70. The molecule has 1 rings (SSSR count). The van der Waals surface area contributed by atoms with E-state index in [1.54, 1.807) is 0 Å². The van der Waals surface area contributed by atoms with Gasteiger partial charge in [-0.1, -0.05) is 13.8 Å². The van der Waals surface area contributed by atoms with Crippen LogP contribution in [0.1, 0.15) is 34.6 Å². The number of hydrogen-bond donors (Lipinski definition) is 1. The van der Waals surface area contributed by atoms with Crippen molar-refractivity contribution in [3.8, 4) is 0 Å². The van der Waals surface area contributed by atoms with Crippen molar-refractivity contribution < 1.29 is 0 Å². The summed E-state index contributed by atoms with van der Waals surface area (Å²) in [4.78, 5) is 2.47. The molecule has 2 N–H and O–H groups in total. The van der Waals surface area contributed by atoms with Crippen molar-refractivity contribution in [1.29, 1.82) is 0 Å². The molecule has 72 valence electrons. The second-order valence-electron chi connectivity index (χ2n) is 5.30. The first-order valence-electron chi connectivity index (χ1n) is 4.78. The van der Waals surface area contributed by atoms with Crippen molar-refractivity contribution in [3.05, 3.63) is 0 Å². The van der Waals surface area contributed by atoms with Crippen molar-refractivity contribution in [2.45, 2.75) is 46.2 Å². The summed E-state index contributed by atoms with van der Waals surface area (Å²) in [6, 6.07) is 0.292. The maximum absolute atomic E-state index is 5.77. The van der Waals surface area contributed by atoms with Crippen LogP contribution in [-0.2, 0) is 0 Å². The lowest BCUT2D eigenvalue weighted by molar-refractivity contribution is -0.118. The summed E-state index contributed by atoms with van der Waals surface area (Å²) in [6.07, 6.45) is 0. The van der Waals surface area contributed by atoms with E-state index >= 15 is 0 Å². The zero-order valence-electron chi connectivity index (χ0n) is 9.02. The first-order chi connectivity index (χ1) is 5.27. The molecule has 0 bridgehead atoms. The van der Waals surface area contributed by atoms with Gasteiger partial charge in [0.2, 0.25) is 0 Å². The van der Waals surface area contributed by atoms with Gasteiger partial charge in [-0.2, -0.15) is 0 Å². The highest BCUT2D eigenvalue weighted by atomic mass is 15.3. The van der Waals surface area contributed by atoms with Crippen LogP contribution in [-0.4, -0.2) is 29.6 Å². The fourth-order valence-corrected chi connectivity index (χ4v) is 1.85. The van der Waals surface area contributed by atoms with E-state index in [1.165, 1.54) is 6.54 Å². The summed E-state index contributed by atoms with van der Waals surface area (Å²) in [5.41, 5.74) is 6.54. The van der Waals surface area contributed by atoms with Gasteiger partial charge in [-0.25, -0.2) is 0 Å². The van der Waals surface area contributed by atoms with Crippen LogP contribution in [0.3, 0.4) is 0 Å². The molecular weight excluding hydrogens is 148 g/mol. The summed E-state index contributed by atoms with van der Waals surface area (Å²) >= 11 is 0. The smallest absolute Gasteiger partial charge is 0.0217 e. The summed E-state index contributed by atoms with van der Waals surface area (Å²) in [5, 5.41) is 0. The van der Waals surface area contributed by atoms with Crippen molar-refractivity contribution in [3.63, 3.8) is 0 Å². The van der Waals surface area contributed by atoms with Gasteiger partial charge in [-0.15, -0.1) is 0 Å². The molecule has 0 radical (unpaired) electrons. The standard InChI is InChI=1S/C10H22N2/c1-8(11)6-12-7-9(2,3)10(12,4)5/h8H,6-7,11H2,1-5H3. The maximum Gasteiger partial charge on any atom is 0.0217 e. The van der Waals surface area contributed by atoms with E-state index in [0.717, 1.165) is 6.54 Å². The largest absolute Gasteiger partial charge is 0.327 e. The number of nitrogens with two attached hydrogens (primary N) is 1. The van der Waals surface area contributed by atoms with Crippen molar-refractivity contribution in [1.82, 2.24) is 4.90 Å². The molecule has 1 saturated heterocycles. The Morgan fingerprint density at radius 2 is 1.83 bits per heavy atom. The van der Waals surface area contributed by atoms with Crippen LogP contribution in [0.2, 0.25) is 0 Å². The molecule has 0 aromatic carbocycles. The predicted molar refractivity (Wildman–Crippen MR) is 53.1 cm³/mol. The maximum atomic E-state index is 5.77. The molecule has 12 heavy (non-hydrogen) atoms. The van der Waals surface area contributed by atoms with Gasteiger partial charge in [0.15, 0.2) is 0 Å². The van der Waals surface area contributed by atoms with E-state index in [9.17, 15) is 0 Å². The van der Waals surface area contributed by atoms with Gasteiger partial charge >= 0.3 is 0 Å². The van der Waals surface area contributed by atoms with Gasteiger partial charge in [0.25, 0.3) is 0 Å². The Morgan fingerprint density at radius 3 is 2.08 bits per heavy atom. The van der Waals surface area contributed by atoms with Crippen LogP contribution in [0.15, 0.2) is 0 Å². The monoisotopic (exact) mass is 170 g/mol. The minimum absolute atomic E-state index is 0.292. The zero-order valence-corrected chi connectivity index (χ0v) is 9.02. The first kappa shape index (κ1) is 10.0. The molecule has 2 heteroatoms. The van der Waals surface area contributed by atoms with Crippen molar-refractivity contribution >= 4 is 0 Å². The third-order valence-corrected chi connectivity index (χ3v) is 3.54. The van der Waals surface area contributed by atoms with E-state index in [2.05, 4.69) is 39.5 Å². The SMILES string of the molecule is CC(N)CN1CC(C)(C)C1(C)C. The minimum atomic E-state index is 0.292.